The van der Waals surface area contributed by atoms with E-state index in [1.165, 1.54) is 11.8 Å². The molecule has 2 heterocycles. The van der Waals surface area contributed by atoms with Gasteiger partial charge in [0.15, 0.2) is 5.17 Å². The van der Waals surface area contributed by atoms with Crippen LogP contribution in [0.2, 0.25) is 0 Å². The molecule has 4 rings (SSSR count). The highest BCUT2D eigenvalue weighted by atomic mass is 32.2. The molecule has 0 unspecified atom stereocenters. The lowest BCUT2D eigenvalue weighted by atomic mass is 10.2. The zero-order valence-electron chi connectivity index (χ0n) is 13.0. The van der Waals surface area contributed by atoms with Crippen LogP contribution in [-0.2, 0) is 4.79 Å². The van der Waals surface area contributed by atoms with E-state index in [0.29, 0.717) is 10.1 Å². The number of nitrogens with one attached hydrogen (secondary N) is 1. The highest BCUT2D eigenvalue weighted by Crippen LogP contribution is 2.30. The number of aliphatic imine (C=N–C) groups is 1. The van der Waals surface area contributed by atoms with Gasteiger partial charge in [-0.05, 0) is 30.0 Å². The molecule has 1 N–H and O–H groups in total. The van der Waals surface area contributed by atoms with E-state index in [1.807, 2.05) is 66.0 Å². The highest BCUT2D eigenvalue weighted by Gasteiger charge is 2.24. The first-order valence-corrected chi connectivity index (χ1v) is 9.33. The summed E-state index contributed by atoms with van der Waals surface area (Å²) in [5.74, 6) is -0.144. The largest absolute Gasteiger partial charge is 0.300 e. The van der Waals surface area contributed by atoms with Gasteiger partial charge in [0, 0.05) is 10.9 Å². The zero-order chi connectivity index (χ0) is 17.1. The Balaban J connectivity index is 1.55. The average molecular weight is 363 g/mol. The van der Waals surface area contributed by atoms with E-state index in [1.54, 1.807) is 17.4 Å². The lowest BCUT2D eigenvalue weighted by Gasteiger charge is -1.94. The lowest BCUT2D eigenvalue weighted by molar-refractivity contribution is -0.115. The SMILES string of the molecule is O=C1NC(=Nc2ccccc2)S/C1=C/c1csc(-c2ccccc2)n1. The lowest BCUT2D eigenvalue weighted by Crippen LogP contribution is -2.19. The van der Waals surface area contributed by atoms with Crippen LogP contribution < -0.4 is 5.32 Å². The van der Waals surface area contributed by atoms with Gasteiger partial charge in [-0.25, -0.2) is 9.98 Å². The first kappa shape index (κ1) is 15.8. The van der Waals surface area contributed by atoms with Crippen LogP contribution in [0.4, 0.5) is 5.69 Å². The third-order valence-electron chi connectivity index (χ3n) is 3.46. The number of amidine groups is 1. The van der Waals surface area contributed by atoms with Crippen molar-refractivity contribution < 1.29 is 4.79 Å². The molecule has 2 aromatic carbocycles. The number of carbonyl (C=O) groups excluding carboxylic acids is 1. The fourth-order valence-electron chi connectivity index (χ4n) is 2.30. The quantitative estimate of drug-likeness (QED) is 0.686. The first-order chi connectivity index (χ1) is 12.3. The minimum atomic E-state index is -0.144. The Labute approximate surface area is 153 Å². The van der Waals surface area contributed by atoms with Crippen molar-refractivity contribution in [3.05, 3.63) is 76.6 Å². The number of thiazole rings is 1. The van der Waals surface area contributed by atoms with Crippen LogP contribution in [0.1, 0.15) is 5.69 Å². The summed E-state index contributed by atoms with van der Waals surface area (Å²) < 4.78 is 0. The average Bonchev–Trinajstić information content (AvgIpc) is 3.24. The van der Waals surface area contributed by atoms with Crippen LogP contribution in [0.15, 0.2) is 75.9 Å². The van der Waals surface area contributed by atoms with Gasteiger partial charge >= 0.3 is 0 Å². The molecule has 122 valence electrons. The molecule has 1 aliphatic heterocycles. The zero-order valence-corrected chi connectivity index (χ0v) is 14.7. The van der Waals surface area contributed by atoms with E-state index >= 15 is 0 Å². The number of hydrogen-bond acceptors (Lipinski definition) is 5. The van der Waals surface area contributed by atoms with Gasteiger partial charge in [-0.1, -0.05) is 48.5 Å². The van der Waals surface area contributed by atoms with Crippen molar-refractivity contribution in [2.24, 2.45) is 4.99 Å². The predicted molar refractivity (Wildman–Crippen MR) is 105 cm³/mol. The summed E-state index contributed by atoms with van der Waals surface area (Å²) in [5, 5.41) is 6.27. The van der Waals surface area contributed by atoms with Gasteiger partial charge in [0.25, 0.3) is 5.91 Å². The van der Waals surface area contributed by atoms with Gasteiger partial charge < -0.3 is 5.32 Å². The molecule has 0 bridgehead atoms. The Kier molecular flexibility index (Phi) is 4.45. The number of nitrogens with zero attached hydrogens (tertiary/aromatic N) is 2. The van der Waals surface area contributed by atoms with Crippen LogP contribution in [0, 0.1) is 0 Å². The van der Waals surface area contributed by atoms with Gasteiger partial charge in [-0.2, -0.15) is 0 Å². The summed E-state index contributed by atoms with van der Waals surface area (Å²) in [7, 11) is 0. The molecule has 1 fully saturated rings. The van der Waals surface area contributed by atoms with Crippen molar-refractivity contribution in [2.75, 3.05) is 0 Å². The van der Waals surface area contributed by atoms with Crippen LogP contribution in [-0.4, -0.2) is 16.1 Å². The minimum absolute atomic E-state index is 0.144. The van der Waals surface area contributed by atoms with Gasteiger partial charge in [0.2, 0.25) is 0 Å². The molecule has 3 aromatic rings. The summed E-state index contributed by atoms with van der Waals surface area (Å²) in [4.78, 5) is 21.8. The molecule has 0 saturated carbocycles. The maximum absolute atomic E-state index is 12.2. The second-order valence-corrected chi connectivity index (χ2v) is 7.15. The van der Waals surface area contributed by atoms with E-state index in [-0.39, 0.29) is 5.91 Å². The van der Waals surface area contributed by atoms with Crippen molar-refractivity contribution in [1.29, 1.82) is 0 Å². The summed E-state index contributed by atoms with van der Waals surface area (Å²) in [5.41, 5.74) is 2.67. The molecule has 0 spiro atoms. The second-order valence-electron chi connectivity index (χ2n) is 5.26. The van der Waals surface area contributed by atoms with Gasteiger partial charge in [-0.3, -0.25) is 4.79 Å². The second kappa shape index (κ2) is 7.04. The number of carbonyl (C=O) groups is 1. The Morgan fingerprint density at radius 3 is 2.48 bits per heavy atom. The summed E-state index contributed by atoms with van der Waals surface area (Å²) >= 11 is 2.89. The molecule has 4 nitrogen and oxygen atoms in total. The first-order valence-electron chi connectivity index (χ1n) is 7.63. The van der Waals surface area contributed by atoms with Crippen molar-refractivity contribution in [2.45, 2.75) is 0 Å². The molecule has 1 aliphatic rings. The van der Waals surface area contributed by atoms with Crippen LogP contribution in [0.3, 0.4) is 0 Å². The summed E-state index contributed by atoms with van der Waals surface area (Å²) in [6, 6.07) is 19.6. The number of aromatic nitrogens is 1. The molecule has 1 aromatic heterocycles. The molecule has 1 saturated heterocycles. The van der Waals surface area contributed by atoms with Crippen molar-refractivity contribution in [3.8, 4) is 10.6 Å². The van der Waals surface area contributed by atoms with E-state index in [4.69, 9.17) is 0 Å². The van der Waals surface area contributed by atoms with Crippen LogP contribution >= 0.6 is 23.1 Å². The summed E-state index contributed by atoms with van der Waals surface area (Å²) in [6.45, 7) is 0. The Morgan fingerprint density at radius 1 is 1.00 bits per heavy atom. The minimum Gasteiger partial charge on any atom is -0.300 e. The van der Waals surface area contributed by atoms with Crippen LogP contribution in [0.5, 0.6) is 0 Å². The van der Waals surface area contributed by atoms with Crippen molar-refractivity contribution in [1.82, 2.24) is 10.3 Å². The number of para-hydroxylation sites is 1. The fraction of sp³-hybridized carbons (Fsp3) is 0. The molecule has 0 aliphatic carbocycles. The standard InChI is InChI=1S/C19H13N3OS2/c23-17-16(25-19(22-17)21-14-9-5-2-6-10-14)11-15-12-24-18(20-15)13-7-3-1-4-8-13/h1-12H,(H,21,22,23)/b16-11+. The third kappa shape index (κ3) is 3.70. The smallest absolute Gasteiger partial charge is 0.264 e. The van der Waals surface area contributed by atoms with E-state index in [9.17, 15) is 4.79 Å². The molecular formula is C19H13N3OS2. The topological polar surface area (TPSA) is 54.4 Å². The highest BCUT2D eigenvalue weighted by molar-refractivity contribution is 8.18. The number of amides is 1. The molecule has 25 heavy (non-hydrogen) atoms. The number of benzene rings is 2. The van der Waals surface area contributed by atoms with Gasteiger partial charge in [0.05, 0.1) is 16.3 Å². The third-order valence-corrected chi connectivity index (χ3v) is 5.28. The molecule has 6 heteroatoms. The van der Waals surface area contributed by atoms with E-state index < -0.39 is 0 Å². The number of hydrogen-bond donors (Lipinski definition) is 1. The Morgan fingerprint density at radius 2 is 1.72 bits per heavy atom. The van der Waals surface area contributed by atoms with Gasteiger partial charge in [-0.15, -0.1) is 11.3 Å². The maximum atomic E-state index is 12.2. The molecule has 0 atom stereocenters. The maximum Gasteiger partial charge on any atom is 0.264 e. The molecule has 1 amide bonds. The fourth-order valence-corrected chi connectivity index (χ4v) is 3.91. The van der Waals surface area contributed by atoms with Gasteiger partial charge in [0.1, 0.15) is 5.01 Å². The summed E-state index contributed by atoms with van der Waals surface area (Å²) in [6.07, 6.45) is 1.80. The van der Waals surface area contributed by atoms with Crippen molar-refractivity contribution >= 4 is 45.9 Å². The molecule has 0 radical (unpaired) electrons. The number of rotatable bonds is 3. The molecular weight excluding hydrogens is 350 g/mol. The van der Waals surface area contributed by atoms with Crippen molar-refractivity contribution in [3.63, 3.8) is 0 Å². The van der Waals surface area contributed by atoms with E-state index in [2.05, 4.69) is 15.3 Å². The Bertz CT molecular complexity index is 963. The normalized spacial score (nSPS) is 17.2. The van der Waals surface area contributed by atoms with Crippen LogP contribution in [0.25, 0.3) is 16.6 Å². The van der Waals surface area contributed by atoms with E-state index in [0.717, 1.165) is 22.0 Å². The number of thioether (sulfide) groups is 1. The Hall–Kier alpha value is -2.70. The monoisotopic (exact) mass is 363 g/mol. The predicted octanol–water partition coefficient (Wildman–Crippen LogP) is 4.70.